The van der Waals surface area contributed by atoms with E-state index in [1.54, 1.807) is 6.08 Å². The van der Waals surface area contributed by atoms with Crippen molar-refractivity contribution in [1.82, 2.24) is 21.3 Å². The Kier molecular flexibility index (Phi) is 53.6. The fraction of sp³-hybridized carbons (Fsp3) is 0.899. The lowest BCUT2D eigenvalue weighted by Gasteiger charge is -2.53. The highest BCUT2D eigenvalue weighted by molar-refractivity contribution is 5.77. The molecule has 6 aliphatic heterocycles. The number of hydrogen-bond donors (Lipinski definition) is 23. The van der Waals surface area contributed by atoms with Crippen LogP contribution in [0.25, 0.3) is 0 Å². The number of carbonyl (C=O) groups excluding carboxylic acids is 4. The summed E-state index contributed by atoms with van der Waals surface area (Å²) in [5.41, 5.74) is 0. The minimum Gasteiger partial charge on any atom is -0.477 e. The predicted molar refractivity (Wildman–Crippen MR) is 459 cm³/mol. The number of nitrogens with one attached hydrogen (secondary N) is 4. The summed E-state index contributed by atoms with van der Waals surface area (Å²) in [6.45, 7) is 0.0328. The van der Waals surface area contributed by atoms with E-state index in [1.165, 1.54) is 135 Å². The van der Waals surface area contributed by atoms with Crippen molar-refractivity contribution in [1.29, 1.82) is 0 Å². The lowest BCUT2D eigenvalue weighted by atomic mass is 9.88. The van der Waals surface area contributed by atoms with E-state index < -0.39 is 278 Å². The Balaban J connectivity index is 1.16. The average Bonchev–Trinajstić information content (AvgIpc) is 0.737. The molecular formula is C89H158N4O36. The van der Waals surface area contributed by atoms with E-state index in [4.69, 9.17) is 56.8 Å². The van der Waals surface area contributed by atoms with E-state index in [9.17, 15) is 121 Å². The number of aliphatic hydroxyl groups is 18. The van der Waals surface area contributed by atoms with Crippen molar-refractivity contribution in [3.63, 3.8) is 0 Å². The number of hydrogen-bond acceptors (Lipinski definition) is 35. The summed E-state index contributed by atoms with van der Waals surface area (Å²) < 4.78 is 72.5. The maximum atomic E-state index is 13.8. The molecule has 0 aromatic heterocycles. The molecule has 0 aromatic rings. The number of amides is 4. The van der Waals surface area contributed by atoms with Crippen LogP contribution < -0.4 is 21.3 Å². The highest BCUT2D eigenvalue weighted by atomic mass is 16.8. The summed E-state index contributed by atoms with van der Waals surface area (Å²) in [5.74, 6) is -8.74. The summed E-state index contributed by atoms with van der Waals surface area (Å²) in [7, 11) is 0. The van der Waals surface area contributed by atoms with Gasteiger partial charge in [0.15, 0.2) is 31.5 Å². The van der Waals surface area contributed by atoms with Crippen LogP contribution in [-0.2, 0) is 80.8 Å². The average molecular weight is 1860 g/mol. The normalized spacial score (nSPS) is 34.3. The standard InChI is InChI=1S/C89H158N4O36/c1-6-8-10-12-14-16-18-20-21-22-23-24-25-26-27-28-29-31-33-35-37-39-41-43-64(106)93-55(56(103)42-40-38-36-34-32-30-19-17-15-13-11-9-7-2)51-118-85-74(113)73(112)77(62(49-98)122-85)124-86-75(114)81(71(110)61(48-97)121-86)127-84-67(92-54(5)102)79(70(109)60(47-96)120-84)126-87-76(115)82(78(63(50-99)123-87)125-83-66(91-53(4)101)72(111)69(108)59(46-95)119-83)129-89(88(116)117)44-57(104)65(90-52(3)100)80(128-89)68(107)58(105)45-94/h20-21,40,42,55-63,65-87,94-99,103-105,107-115H,6-19,22-39,41,43-51H2,1-5H3,(H,90,100)(H,91,101)(H,92,102)(H,93,106)(H,116,117)/b21-20-,42-40+/t55-,56+,57?,58+,59?,60?,61?,62?,63?,65+,66?,67?,68+,69-,70+,71-,72+,73+,74?,75?,76?,77+,78-,79+,80?,81-,82+,83-,84-,85+,86-,87-,89-/m0/s1. The topological polar surface area (TPSA) is 629 Å². The van der Waals surface area contributed by atoms with Gasteiger partial charge in [-0.3, -0.25) is 19.2 Å². The summed E-state index contributed by atoms with van der Waals surface area (Å²) in [6, 6.07) is -6.76. The van der Waals surface area contributed by atoms with Crippen molar-refractivity contribution in [2.75, 3.05) is 46.2 Å². The molecule has 0 bridgehead atoms. The van der Waals surface area contributed by atoms with Crippen LogP contribution >= 0.6 is 0 Å². The number of ether oxygens (including phenoxy) is 12. The van der Waals surface area contributed by atoms with Gasteiger partial charge in [-0.05, 0) is 44.9 Å². The molecule has 0 saturated carbocycles. The van der Waals surface area contributed by atoms with Gasteiger partial charge in [0.05, 0.1) is 70.5 Å². The SMILES string of the molecule is CCCCCCCC/C=C\CCCCCCCCCCCCCCCC(=O)N[C@@H](CO[C@@H]1OC(CO)[C@@H](O[C@@H]2OC(CO)[C@H](O)[C@H](O[C@@H]3OC(CO)[C@@H](O)[C@H](O[C@@H]4OC(CO)[C@H](O[C@@H]5OC(CO)[C@H](O)[C@H](O)C5NC(C)=O)[C@H](O[C@]5(C(=O)O)CC(O)[C@@H](NC(C)=O)C([C@H](O)[C@H](O)CO)O5)C4O)C3NC(C)=O)C2O)[C@H](O)C1O)[C@H](O)/C=C/CCCCCCCCCCCCC. The second-order valence-electron chi connectivity index (χ2n) is 35.3. The number of carboxylic acid groups (broad SMARTS) is 1. The van der Waals surface area contributed by atoms with Crippen molar-refractivity contribution >= 4 is 29.6 Å². The van der Waals surface area contributed by atoms with Gasteiger partial charge in [-0.2, -0.15) is 0 Å². The van der Waals surface area contributed by atoms with Crippen LogP contribution in [0.3, 0.4) is 0 Å². The molecule has 0 radical (unpaired) electrons. The molecule has 6 saturated heterocycles. The highest BCUT2D eigenvalue weighted by Crippen LogP contribution is 2.42. The third-order valence-electron chi connectivity index (χ3n) is 24.8. The highest BCUT2D eigenvalue weighted by Gasteiger charge is 2.63. The molecular weight excluding hydrogens is 1700 g/mol. The molecule has 40 heteroatoms. The molecule has 6 aliphatic rings. The zero-order valence-electron chi connectivity index (χ0n) is 75.9. The third-order valence-corrected chi connectivity index (χ3v) is 24.8. The fourth-order valence-corrected chi connectivity index (χ4v) is 17.3. The minimum atomic E-state index is -3.42. The van der Waals surface area contributed by atoms with E-state index in [0.29, 0.717) is 12.8 Å². The van der Waals surface area contributed by atoms with Crippen molar-refractivity contribution in [3.05, 3.63) is 24.3 Å². The summed E-state index contributed by atoms with van der Waals surface area (Å²) in [5, 5.41) is 225. The van der Waals surface area contributed by atoms with E-state index in [-0.39, 0.29) is 12.3 Å². The maximum Gasteiger partial charge on any atom is 0.364 e. The molecule has 0 spiro atoms. The zero-order chi connectivity index (χ0) is 94.7. The number of allylic oxidation sites excluding steroid dienone is 3. The first-order chi connectivity index (χ1) is 61.9. The van der Waals surface area contributed by atoms with Crippen LogP contribution in [0.5, 0.6) is 0 Å². The first kappa shape index (κ1) is 113. The van der Waals surface area contributed by atoms with Gasteiger partial charge in [0.25, 0.3) is 5.79 Å². The number of carboxylic acids is 1. The quantitative estimate of drug-likeness (QED) is 0.0277. The third kappa shape index (κ3) is 35.9. The zero-order valence-corrected chi connectivity index (χ0v) is 75.9. The molecule has 33 atom stereocenters. The van der Waals surface area contributed by atoms with E-state index in [2.05, 4.69) is 47.3 Å². The fourth-order valence-electron chi connectivity index (χ4n) is 17.3. The Morgan fingerprint density at radius 3 is 1.27 bits per heavy atom. The second-order valence-corrected chi connectivity index (χ2v) is 35.3. The van der Waals surface area contributed by atoms with Crippen LogP contribution in [0.1, 0.15) is 259 Å². The number of carbonyl (C=O) groups is 5. The minimum absolute atomic E-state index is 0.143. The molecule has 23 N–H and O–H groups in total. The molecule has 6 fully saturated rings. The van der Waals surface area contributed by atoms with Gasteiger partial charge < -0.3 is 175 Å². The Hall–Kier alpha value is -4.37. The maximum absolute atomic E-state index is 13.8. The van der Waals surface area contributed by atoms with E-state index in [1.807, 2.05) is 6.08 Å². The van der Waals surface area contributed by atoms with Gasteiger partial charge in [0.1, 0.15) is 140 Å². The first-order valence-electron chi connectivity index (χ1n) is 47.2. The van der Waals surface area contributed by atoms with E-state index in [0.717, 1.165) is 85.0 Å². The number of aliphatic hydroxyl groups excluding tert-OH is 18. The number of rotatable bonds is 63. The van der Waals surface area contributed by atoms with Crippen molar-refractivity contribution < 1.29 is 178 Å². The molecule has 750 valence electrons. The van der Waals surface area contributed by atoms with Gasteiger partial charge in [0, 0.05) is 33.6 Å². The van der Waals surface area contributed by atoms with Crippen LogP contribution in [0.2, 0.25) is 0 Å². The molecule has 4 amide bonds. The Morgan fingerprint density at radius 2 is 0.791 bits per heavy atom. The lowest BCUT2D eigenvalue weighted by Crippen LogP contribution is -2.72. The van der Waals surface area contributed by atoms with Crippen molar-refractivity contribution in [2.24, 2.45) is 0 Å². The summed E-state index contributed by atoms with van der Waals surface area (Å²) in [6.07, 6.45) is -13.7. The smallest absolute Gasteiger partial charge is 0.364 e. The second kappa shape index (κ2) is 61.0. The predicted octanol–water partition coefficient (Wildman–Crippen LogP) is -0.178. The summed E-state index contributed by atoms with van der Waals surface area (Å²) >= 11 is 0. The molecule has 129 heavy (non-hydrogen) atoms. The molecule has 0 aromatic carbocycles. The largest absolute Gasteiger partial charge is 0.477 e. The lowest BCUT2D eigenvalue weighted by molar-refractivity contribution is -0.400. The van der Waals surface area contributed by atoms with Crippen molar-refractivity contribution in [3.8, 4) is 0 Å². The van der Waals surface area contributed by atoms with Crippen LogP contribution in [0.15, 0.2) is 24.3 Å². The monoisotopic (exact) mass is 1860 g/mol. The number of unbranched alkanes of at least 4 members (excludes halogenated alkanes) is 30. The molecule has 12 unspecified atom stereocenters. The molecule has 0 aliphatic carbocycles. The Labute approximate surface area is 757 Å². The van der Waals surface area contributed by atoms with Gasteiger partial charge in [0.2, 0.25) is 23.6 Å². The van der Waals surface area contributed by atoms with E-state index >= 15 is 0 Å². The molecule has 6 rings (SSSR count). The van der Waals surface area contributed by atoms with Gasteiger partial charge in [-0.1, -0.05) is 205 Å². The first-order valence-corrected chi connectivity index (χ1v) is 47.2. The van der Waals surface area contributed by atoms with Gasteiger partial charge in [-0.15, -0.1) is 0 Å². The van der Waals surface area contributed by atoms with Crippen LogP contribution in [-0.4, -0.2) is 375 Å². The summed E-state index contributed by atoms with van der Waals surface area (Å²) in [4.78, 5) is 66.0. The Morgan fingerprint density at radius 1 is 0.403 bits per heavy atom. The number of aliphatic carboxylic acids is 1. The van der Waals surface area contributed by atoms with Crippen LogP contribution in [0.4, 0.5) is 0 Å². The Bertz CT molecular complexity index is 3160. The van der Waals surface area contributed by atoms with Gasteiger partial charge >= 0.3 is 5.97 Å². The molecule has 40 nitrogen and oxygen atoms in total. The van der Waals surface area contributed by atoms with Crippen molar-refractivity contribution in [2.45, 2.75) is 461 Å². The molecule has 6 heterocycles. The van der Waals surface area contributed by atoms with Gasteiger partial charge in [-0.25, -0.2) is 4.79 Å². The van der Waals surface area contributed by atoms with Crippen LogP contribution in [0, 0.1) is 0 Å².